The summed E-state index contributed by atoms with van der Waals surface area (Å²) in [6, 6.07) is 18.6. The van der Waals surface area contributed by atoms with Crippen LogP contribution in [0.2, 0.25) is 5.02 Å². The number of sulfonamides is 1. The minimum atomic E-state index is -4.19. The van der Waals surface area contributed by atoms with Gasteiger partial charge in [0.15, 0.2) is 11.5 Å². The molecule has 1 N–H and O–H groups in total. The van der Waals surface area contributed by atoms with E-state index in [1.807, 2.05) is 20.8 Å². The molecule has 3 aromatic rings. The number of benzene rings is 3. The maximum absolute atomic E-state index is 14.0. The number of ether oxygens (including phenoxy) is 2. The van der Waals surface area contributed by atoms with Crippen LogP contribution < -0.4 is 19.1 Å². The van der Waals surface area contributed by atoms with Gasteiger partial charge in [-0.25, -0.2) is 8.42 Å². The van der Waals surface area contributed by atoms with E-state index >= 15 is 0 Å². The molecule has 1 atom stereocenters. The third-order valence-corrected chi connectivity index (χ3v) is 8.40. The van der Waals surface area contributed by atoms with Crippen LogP contribution in [0.15, 0.2) is 77.7 Å². The number of carbonyl (C=O) groups is 2. The highest BCUT2D eigenvalue weighted by atomic mass is 35.5. The summed E-state index contributed by atoms with van der Waals surface area (Å²) in [5.74, 6) is -0.0619. The lowest BCUT2D eigenvalue weighted by Gasteiger charge is -2.33. The number of hydrogen-bond donors (Lipinski definition) is 1. The first kappa shape index (κ1) is 30.2. The van der Waals surface area contributed by atoms with Crippen molar-refractivity contribution in [2.24, 2.45) is 0 Å². The third kappa shape index (κ3) is 7.51. The molecule has 4 rings (SSSR count). The zero-order valence-corrected chi connectivity index (χ0v) is 25.0. The smallest absolute Gasteiger partial charge is 0.264 e. The molecule has 0 radical (unpaired) electrons. The zero-order valence-electron chi connectivity index (χ0n) is 23.5. The van der Waals surface area contributed by atoms with Crippen LogP contribution in [0.4, 0.5) is 5.69 Å². The Kier molecular flexibility index (Phi) is 9.14. The van der Waals surface area contributed by atoms with Gasteiger partial charge in [0.25, 0.3) is 10.0 Å². The van der Waals surface area contributed by atoms with Crippen molar-refractivity contribution in [3.8, 4) is 11.5 Å². The predicted octanol–water partition coefficient (Wildman–Crippen LogP) is 4.64. The lowest BCUT2D eigenvalue weighted by Crippen LogP contribution is -2.54. The van der Waals surface area contributed by atoms with Crippen molar-refractivity contribution in [2.75, 3.05) is 24.1 Å². The van der Waals surface area contributed by atoms with Crippen LogP contribution in [-0.2, 0) is 26.2 Å². The fraction of sp³-hybridized carbons (Fsp3) is 0.333. The second-order valence-electron chi connectivity index (χ2n) is 10.7. The molecule has 0 aromatic heterocycles. The standard InChI is InChI=1S/C30H34ClN3O6S/c1-21(29(36)32-30(2,3)4)33(19-22-10-12-23(31)13-11-22)28(35)20-34(41(37,38)25-8-6-5-7-9-25)24-14-15-26-27(18-24)40-17-16-39-26/h5-15,18,21H,16-17,19-20H2,1-4H3,(H,32,36). The molecule has 11 heteroatoms. The fourth-order valence-electron chi connectivity index (χ4n) is 4.28. The maximum Gasteiger partial charge on any atom is 0.264 e. The van der Waals surface area contributed by atoms with Gasteiger partial charge in [-0.15, -0.1) is 0 Å². The highest BCUT2D eigenvalue weighted by Crippen LogP contribution is 2.36. The third-order valence-electron chi connectivity index (χ3n) is 6.36. The van der Waals surface area contributed by atoms with E-state index in [1.165, 1.54) is 17.0 Å². The number of anilines is 1. The van der Waals surface area contributed by atoms with Gasteiger partial charge in [0.1, 0.15) is 25.8 Å². The van der Waals surface area contributed by atoms with Crippen molar-refractivity contribution >= 4 is 39.1 Å². The van der Waals surface area contributed by atoms with E-state index in [4.69, 9.17) is 21.1 Å². The predicted molar refractivity (Wildman–Crippen MR) is 158 cm³/mol. The van der Waals surface area contributed by atoms with Crippen molar-refractivity contribution in [2.45, 2.75) is 50.7 Å². The van der Waals surface area contributed by atoms with Crippen LogP contribution in [0.1, 0.15) is 33.3 Å². The maximum atomic E-state index is 14.0. The number of amides is 2. The first-order chi connectivity index (χ1) is 19.3. The summed E-state index contributed by atoms with van der Waals surface area (Å²) in [6.07, 6.45) is 0. The molecule has 1 heterocycles. The zero-order chi connectivity index (χ0) is 29.8. The summed E-state index contributed by atoms with van der Waals surface area (Å²) in [5.41, 5.74) is 0.424. The lowest BCUT2D eigenvalue weighted by atomic mass is 10.1. The molecule has 2 amide bonds. The van der Waals surface area contributed by atoms with Crippen molar-refractivity contribution in [1.82, 2.24) is 10.2 Å². The fourth-order valence-corrected chi connectivity index (χ4v) is 5.83. The van der Waals surface area contributed by atoms with Gasteiger partial charge in [-0.05, 0) is 69.7 Å². The summed E-state index contributed by atoms with van der Waals surface area (Å²) >= 11 is 6.05. The van der Waals surface area contributed by atoms with Crippen LogP contribution in [0.25, 0.3) is 0 Å². The van der Waals surface area contributed by atoms with Crippen LogP contribution in [0.3, 0.4) is 0 Å². The van der Waals surface area contributed by atoms with Crippen molar-refractivity contribution < 1.29 is 27.5 Å². The van der Waals surface area contributed by atoms with Crippen molar-refractivity contribution in [3.63, 3.8) is 0 Å². The normalized spacial score (nSPS) is 13.7. The molecule has 0 spiro atoms. The number of nitrogens with zero attached hydrogens (tertiary/aromatic N) is 2. The second-order valence-corrected chi connectivity index (χ2v) is 13.0. The van der Waals surface area contributed by atoms with E-state index in [0.717, 1.165) is 9.87 Å². The summed E-state index contributed by atoms with van der Waals surface area (Å²) in [5, 5.41) is 3.44. The summed E-state index contributed by atoms with van der Waals surface area (Å²) < 4.78 is 40.2. The van der Waals surface area contributed by atoms with E-state index in [9.17, 15) is 18.0 Å². The molecular formula is C30H34ClN3O6S. The quantitative estimate of drug-likeness (QED) is 0.384. The van der Waals surface area contributed by atoms with Gasteiger partial charge in [-0.2, -0.15) is 0 Å². The van der Waals surface area contributed by atoms with Crippen molar-refractivity contribution in [3.05, 3.63) is 83.4 Å². The SMILES string of the molecule is CC(C(=O)NC(C)(C)C)N(Cc1ccc(Cl)cc1)C(=O)CN(c1ccc2c(c1)OCCO2)S(=O)(=O)c1ccccc1. The highest BCUT2D eigenvalue weighted by Gasteiger charge is 2.34. The van der Waals surface area contributed by atoms with Gasteiger partial charge in [-0.3, -0.25) is 13.9 Å². The number of halogens is 1. The summed E-state index contributed by atoms with van der Waals surface area (Å²) in [6.45, 7) is 7.36. The number of nitrogens with one attached hydrogen (secondary N) is 1. The summed E-state index contributed by atoms with van der Waals surface area (Å²) in [4.78, 5) is 28.6. The van der Waals surface area contributed by atoms with Crippen LogP contribution in [-0.4, -0.2) is 56.5 Å². The first-order valence-electron chi connectivity index (χ1n) is 13.2. The number of rotatable bonds is 9. The van der Waals surface area contributed by atoms with Gasteiger partial charge >= 0.3 is 0 Å². The molecule has 0 saturated heterocycles. The summed E-state index contributed by atoms with van der Waals surface area (Å²) in [7, 11) is -4.19. The molecule has 3 aromatic carbocycles. The molecule has 9 nitrogen and oxygen atoms in total. The highest BCUT2D eigenvalue weighted by molar-refractivity contribution is 7.92. The first-order valence-corrected chi connectivity index (χ1v) is 15.0. The lowest BCUT2D eigenvalue weighted by molar-refractivity contribution is -0.140. The molecule has 1 aliphatic heterocycles. The molecule has 0 bridgehead atoms. The van der Waals surface area contributed by atoms with Gasteiger partial charge in [0.05, 0.1) is 10.6 Å². The number of hydrogen-bond acceptors (Lipinski definition) is 6. The minimum Gasteiger partial charge on any atom is -0.486 e. The average molecular weight is 600 g/mol. The Morgan fingerprint density at radius 1 is 0.951 bits per heavy atom. The molecule has 0 saturated carbocycles. The van der Waals surface area contributed by atoms with Gasteiger partial charge in [-0.1, -0.05) is 41.9 Å². The van der Waals surface area contributed by atoms with E-state index < -0.39 is 34.1 Å². The Labute approximate surface area is 246 Å². The van der Waals surface area contributed by atoms with E-state index in [2.05, 4.69) is 5.32 Å². The Hall–Kier alpha value is -3.76. The van der Waals surface area contributed by atoms with Crippen LogP contribution in [0.5, 0.6) is 11.5 Å². The molecule has 41 heavy (non-hydrogen) atoms. The molecule has 1 aliphatic rings. The van der Waals surface area contributed by atoms with E-state index in [0.29, 0.717) is 29.7 Å². The van der Waals surface area contributed by atoms with Gasteiger partial charge in [0, 0.05) is 23.2 Å². The molecule has 1 unspecified atom stereocenters. The Morgan fingerprint density at radius 3 is 2.22 bits per heavy atom. The monoisotopic (exact) mass is 599 g/mol. The Morgan fingerprint density at radius 2 is 1.59 bits per heavy atom. The number of carbonyl (C=O) groups excluding carboxylic acids is 2. The minimum absolute atomic E-state index is 0.0189. The van der Waals surface area contributed by atoms with Gasteiger partial charge < -0.3 is 19.7 Å². The van der Waals surface area contributed by atoms with E-state index in [-0.39, 0.29) is 23.0 Å². The number of fused-ring (bicyclic) bond motifs is 1. The molecule has 0 aliphatic carbocycles. The Bertz CT molecular complexity index is 1490. The second kappa shape index (κ2) is 12.4. The average Bonchev–Trinajstić information content (AvgIpc) is 2.94. The molecule has 0 fully saturated rings. The van der Waals surface area contributed by atoms with Crippen molar-refractivity contribution in [1.29, 1.82) is 0 Å². The Balaban J connectivity index is 1.73. The van der Waals surface area contributed by atoms with Gasteiger partial charge in [0.2, 0.25) is 11.8 Å². The molecular weight excluding hydrogens is 566 g/mol. The van der Waals surface area contributed by atoms with Crippen LogP contribution >= 0.6 is 11.6 Å². The van der Waals surface area contributed by atoms with E-state index in [1.54, 1.807) is 67.6 Å². The molecule has 218 valence electrons. The topological polar surface area (TPSA) is 105 Å². The van der Waals surface area contributed by atoms with Crippen LogP contribution in [0, 0.1) is 0 Å². The largest absolute Gasteiger partial charge is 0.486 e.